The van der Waals surface area contributed by atoms with Crippen molar-refractivity contribution in [2.45, 2.75) is 89.7 Å². The van der Waals surface area contributed by atoms with E-state index in [-0.39, 0.29) is 37.2 Å². The number of benzene rings is 3. The molecule has 7 nitrogen and oxygen atoms in total. The minimum atomic E-state index is -3.77. The molecule has 1 fully saturated rings. The maximum atomic E-state index is 14.2. The van der Waals surface area contributed by atoms with Gasteiger partial charge in [0.1, 0.15) is 22.1 Å². The van der Waals surface area contributed by atoms with Crippen LogP contribution in [0.3, 0.4) is 0 Å². The molecule has 1 aliphatic heterocycles. The van der Waals surface area contributed by atoms with Crippen LogP contribution in [-0.4, -0.2) is 47.9 Å². The predicted octanol–water partition coefficient (Wildman–Crippen LogP) is 7.39. The molecule has 0 bridgehead atoms. The molecule has 1 saturated carbocycles. The highest BCUT2D eigenvalue weighted by atomic mass is 32.2. The molecule has 1 aromatic heterocycles. The van der Waals surface area contributed by atoms with Gasteiger partial charge in [0, 0.05) is 43.2 Å². The van der Waals surface area contributed by atoms with Crippen LogP contribution in [0.15, 0.2) is 60.8 Å². The van der Waals surface area contributed by atoms with E-state index in [0.717, 1.165) is 40.3 Å². The number of hydrogen-bond acceptors (Lipinski definition) is 5. The molecule has 10 heteroatoms. The summed E-state index contributed by atoms with van der Waals surface area (Å²) in [7, 11) is -2.25. The van der Waals surface area contributed by atoms with Gasteiger partial charge in [0.15, 0.2) is 5.78 Å². The fraction of sp³-hybridized carbons (Fsp3) is 0.447. The average Bonchev–Trinajstić information content (AvgIpc) is 3.62. The van der Waals surface area contributed by atoms with Crippen molar-refractivity contribution >= 4 is 32.4 Å². The number of halogens is 2. The molecule has 0 spiro atoms. The van der Waals surface area contributed by atoms with Gasteiger partial charge in [-0.25, -0.2) is 17.2 Å². The van der Waals surface area contributed by atoms with Gasteiger partial charge in [0.05, 0.1) is 23.4 Å². The predicted molar refractivity (Wildman–Crippen MR) is 184 cm³/mol. The van der Waals surface area contributed by atoms with Crippen molar-refractivity contribution in [3.63, 3.8) is 0 Å². The van der Waals surface area contributed by atoms with Gasteiger partial charge in [-0.05, 0) is 112 Å². The second-order valence-corrected chi connectivity index (χ2v) is 16.8. The lowest BCUT2D eigenvalue weighted by Crippen LogP contribution is -2.44. The molecule has 1 aliphatic carbocycles. The van der Waals surface area contributed by atoms with Crippen molar-refractivity contribution in [3.05, 3.63) is 94.7 Å². The Morgan fingerprint density at radius 1 is 1.06 bits per heavy atom. The van der Waals surface area contributed by atoms with Crippen LogP contribution < -0.4 is 9.04 Å². The zero-order chi connectivity index (χ0) is 34.5. The number of carbonyl (C=O) groups is 1. The summed E-state index contributed by atoms with van der Waals surface area (Å²) in [6.07, 6.45) is 3.63. The normalized spacial score (nSPS) is 21.2. The van der Waals surface area contributed by atoms with E-state index in [4.69, 9.17) is 4.74 Å². The summed E-state index contributed by atoms with van der Waals surface area (Å²) >= 11 is 0. The van der Waals surface area contributed by atoms with Gasteiger partial charge in [-0.1, -0.05) is 24.6 Å². The molecule has 0 amide bonds. The van der Waals surface area contributed by atoms with Crippen LogP contribution in [0.5, 0.6) is 5.75 Å². The first kappa shape index (κ1) is 34.1. The van der Waals surface area contributed by atoms with Crippen LogP contribution in [0, 0.1) is 30.4 Å². The first-order chi connectivity index (χ1) is 22.7. The highest BCUT2D eigenvalue weighted by Gasteiger charge is 2.42. The summed E-state index contributed by atoms with van der Waals surface area (Å²) in [5.41, 5.74) is 4.01. The van der Waals surface area contributed by atoms with Gasteiger partial charge >= 0.3 is 0 Å². The second-order valence-electron chi connectivity index (χ2n) is 14.2. The van der Waals surface area contributed by atoms with Crippen molar-refractivity contribution in [2.75, 3.05) is 11.4 Å². The highest BCUT2D eigenvalue weighted by molar-refractivity contribution is 7.94. The topological polar surface area (TPSA) is 88.8 Å². The first-order valence-corrected chi connectivity index (χ1v) is 18.1. The summed E-state index contributed by atoms with van der Waals surface area (Å²) in [6, 6.07) is 14.5. The quantitative estimate of drug-likeness (QED) is 0.177. The molecule has 256 valence electrons. The fourth-order valence-corrected chi connectivity index (χ4v) is 9.02. The third kappa shape index (κ3) is 6.49. The maximum absolute atomic E-state index is 14.2. The Morgan fingerprint density at radius 3 is 2.42 bits per heavy atom. The molecular weight excluding hydrogens is 634 g/mol. The van der Waals surface area contributed by atoms with Crippen molar-refractivity contribution in [1.82, 2.24) is 4.57 Å². The Balaban J connectivity index is 1.31. The SMILES string of the molecule is CCc1cn2c3c(cc(C(=O)C[C@@H](Cc4cc(F)cc(F)c4)[C@H](O)[C@@H]4CC[C@H](Oc5ccc(C)cc5)C4)cc13)N(C)S(=O)(=O)C(C)(C)C2. The average molecular weight is 679 g/mol. The molecule has 3 aromatic carbocycles. The van der Waals surface area contributed by atoms with Gasteiger partial charge in [0.25, 0.3) is 0 Å². The van der Waals surface area contributed by atoms with E-state index in [9.17, 15) is 27.1 Å². The van der Waals surface area contributed by atoms with Crippen LogP contribution in [0.4, 0.5) is 14.5 Å². The lowest BCUT2D eigenvalue weighted by Gasteiger charge is -2.29. The monoisotopic (exact) mass is 678 g/mol. The number of aromatic nitrogens is 1. The van der Waals surface area contributed by atoms with Crippen LogP contribution in [0.2, 0.25) is 0 Å². The number of aliphatic hydroxyl groups is 1. The molecule has 6 rings (SSSR count). The Labute approximate surface area is 281 Å². The molecular formula is C38H44F2N2O5S. The fourth-order valence-electron chi connectivity index (χ4n) is 7.57. The number of Topliss-reactive ketones (excluding diaryl/α,β-unsaturated/α-hetero) is 1. The Hall–Kier alpha value is -3.76. The number of sulfonamides is 1. The summed E-state index contributed by atoms with van der Waals surface area (Å²) in [5, 5.41) is 12.6. The summed E-state index contributed by atoms with van der Waals surface area (Å²) in [5.74, 6) is -1.78. The maximum Gasteiger partial charge on any atom is 0.241 e. The standard InChI is InChI=1S/C38H44F2N2O5S/c1-6-25-21-42-22-38(3,4)48(45,46)41(5)34-18-27(17-33(25)36(34)42)35(43)19-28(13-24-14-29(39)20-30(40)15-24)37(44)26-9-12-32(16-26)47-31-10-7-23(2)8-11-31/h7-8,10-11,14-15,17-18,20-21,26,28,32,37,44H,6,9,12-13,16,19,22H2,1-5H3/t26-,28-,32+,37-/m1/s1. The third-order valence-corrected chi connectivity index (χ3v) is 12.7. The Bertz CT molecular complexity index is 1930. The van der Waals surface area contributed by atoms with Crippen molar-refractivity contribution < 1.29 is 31.8 Å². The number of aryl methyl sites for hydroxylation is 2. The smallest absolute Gasteiger partial charge is 0.241 e. The summed E-state index contributed by atoms with van der Waals surface area (Å²) in [6.45, 7) is 7.70. The number of hydrogen-bond donors (Lipinski definition) is 1. The minimum Gasteiger partial charge on any atom is -0.490 e. The van der Waals surface area contributed by atoms with Gasteiger partial charge in [-0.3, -0.25) is 9.10 Å². The molecule has 0 unspecified atom stereocenters. The number of aliphatic hydroxyl groups excluding tert-OH is 1. The van der Waals surface area contributed by atoms with Gasteiger partial charge in [-0.2, -0.15) is 0 Å². The zero-order valence-corrected chi connectivity index (χ0v) is 29.0. The number of carbonyl (C=O) groups excluding carboxylic acids is 1. The molecule has 2 aliphatic rings. The van der Waals surface area contributed by atoms with E-state index >= 15 is 0 Å². The molecule has 4 aromatic rings. The minimum absolute atomic E-state index is 0.0889. The van der Waals surface area contributed by atoms with Crippen molar-refractivity contribution in [3.8, 4) is 5.75 Å². The van der Waals surface area contributed by atoms with Crippen LogP contribution >= 0.6 is 0 Å². The van der Waals surface area contributed by atoms with Crippen LogP contribution in [-0.2, 0) is 29.4 Å². The third-order valence-electron chi connectivity index (χ3n) is 10.3. The first-order valence-electron chi connectivity index (χ1n) is 16.7. The number of ether oxygens (including phenoxy) is 1. The lowest BCUT2D eigenvalue weighted by atomic mass is 9.81. The van der Waals surface area contributed by atoms with E-state index in [1.54, 1.807) is 19.9 Å². The van der Waals surface area contributed by atoms with E-state index in [0.29, 0.717) is 36.1 Å². The Kier molecular flexibility index (Phi) is 9.19. The molecule has 0 radical (unpaired) electrons. The van der Waals surface area contributed by atoms with Gasteiger partial charge in [-0.15, -0.1) is 0 Å². The lowest BCUT2D eigenvalue weighted by molar-refractivity contribution is 0.0414. The van der Waals surface area contributed by atoms with Crippen molar-refractivity contribution in [2.24, 2.45) is 11.8 Å². The van der Waals surface area contributed by atoms with Crippen LogP contribution in [0.25, 0.3) is 10.9 Å². The van der Waals surface area contributed by atoms with E-state index in [2.05, 4.69) is 0 Å². The largest absolute Gasteiger partial charge is 0.490 e. The Morgan fingerprint density at radius 2 is 1.75 bits per heavy atom. The van der Waals surface area contributed by atoms with E-state index in [1.165, 1.54) is 23.5 Å². The molecule has 48 heavy (non-hydrogen) atoms. The van der Waals surface area contributed by atoms with Gasteiger partial charge in [0.2, 0.25) is 10.0 Å². The van der Waals surface area contributed by atoms with Crippen molar-refractivity contribution in [1.29, 1.82) is 0 Å². The number of anilines is 1. The second kappa shape index (κ2) is 12.9. The van der Waals surface area contributed by atoms with E-state index in [1.807, 2.05) is 54.9 Å². The van der Waals surface area contributed by atoms with Gasteiger partial charge < -0.3 is 14.4 Å². The molecule has 0 saturated heterocycles. The number of nitrogens with zero attached hydrogens (tertiary/aromatic N) is 2. The van der Waals surface area contributed by atoms with E-state index < -0.39 is 38.4 Å². The molecule has 2 heterocycles. The number of ketones is 1. The highest BCUT2D eigenvalue weighted by Crippen LogP contribution is 2.41. The van der Waals surface area contributed by atoms with Crippen LogP contribution in [0.1, 0.15) is 73.5 Å². The zero-order valence-electron chi connectivity index (χ0n) is 28.2. The number of rotatable bonds is 10. The molecule has 4 atom stereocenters. The summed E-state index contributed by atoms with van der Waals surface area (Å²) in [4.78, 5) is 14.2. The summed E-state index contributed by atoms with van der Waals surface area (Å²) < 4.78 is 64.2. The molecule has 1 N–H and O–H groups in total.